The van der Waals surface area contributed by atoms with Crippen LogP contribution in [0.4, 0.5) is 0 Å². The molecule has 0 aromatic carbocycles. The van der Waals surface area contributed by atoms with E-state index in [1.54, 1.807) is 0 Å². The zero-order chi connectivity index (χ0) is 70.4. The first-order valence-electron chi connectivity index (χ1n) is 38.9. The highest BCUT2D eigenvalue weighted by Crippen LogP contribution is 2.45. The summed E-state index contributed by atoms with van der Waals surface area (Å²) in [5.41, 5.74) is 0. The molecule has 4 atom stereocenters. The molecule has 19 heteroatoms. The van der Waals surface area contributed by atoms with Crippen LogP contribution in [0.25, 0.3) is 0 Å². The Labute approximate surface area is 585 Å². The van der Waals surface area contributed by atoms with Crippen molar-refractivity contribution in [3.8, 4) is 0 Å². The van der Waals surface area contributed by atoms with E-state index in [-0.39, 0.29) is 25.7 Å². The van der Waals surface area contributed by atoms with Crippen LogP contribution in [0.2, 0.25) is 0 Å². The maximum Gasteiger partial charge on any atom is 0.472 e. The second-order valence-electron chi connectivity index (χ2n) is 26.3. The van der Waals surface area contributed by atoms with E-state index in [1.807, 2.05) is 0 Å². The fraction of sp³-hybridized carbons (Fsp3) is 0.844. The van der Waals surface area contributed by atoms with Crippen LogP contribution in [0.1, 0.15) is 362 Å². The smallest absolute Gasteiger partial charge is 0.462 e. The molecule has 0 radical (unpaired) electrons. The van der Waals surface area contributed by atoms with E-state index < -0.39 is 97.5 Å². The van der Waals surface area contributed by atoms with Gasteiger partial charge in [-0.15, -0.1) is 0 Å². The van der Waals surface area contributed by atoms with Crippen LogP contribution >= 0.6 is 15.6 Å². The minimum atomic E-state index is -4.97. The van der Waals surface area contributed by atoms with E-state index in [9.17, 15) is 43.2 Å². The maximum atomic E-state index is 13.1. The number of aliphatic hydroxyl groups excluding tert-OH is 1. The number of allylic oxidation sites excluding steroid dienone is 8. The van der Waals surface area contributed by atoms with Gasteiger partial charge in [0.25, 0.3) is 0 Å². The molecule has 0 heterocycles. The summed E-state index contributed by atoms with van der Waals surface area (Å²) in [5.74, 6) is -2.17. The van der Waals surface area contributed by atoms with Gasteiger partial charge in [0, 0.05) is 25.7 Å². The lowest BCUT2D eigenvalue weighted by atomic mass is 10.0. The number of phosphoric acid groups is 2. The largest absolute Gasteiger partial charge is 0.472 e. The second kappa shape index (κ2) is 70.5. The lowest BCUT2D eigenvalue weighted by Gasteiger charge is -2.21. The third kappa shape index (κ3) is 69.5. The molecule has 0 aromatic heterocycles. The molecule has 96 heavy (non-hydrogen) atoms. The highest BCUT2D eigenvalue weighted by Gasteiger charge is 2.30. The first-order chi connectivity index (χ1) is 46.7. The van der Waals surface area contributed by atoms with Crippen LogP contribution in [-0.2, 0) is 65.4 Å². The average molecular weight is 1400 g/mol. The topological polar surface area (TPSA) is 237 Å². The second-order valence-corrected chi connectivity index (χ2v) is 29.2. The molecule has 0 aliphatic carbocycles. The summed E-state index contributed by atoms with van der Waals surface area (Å²) < 4.78 is 68.5. The van der Waals surface area contributed by atoms with Crippen molar-refractivity contribution in [1.29, 1.82) is 0 Å². The number of phosphoric ester groups is 2. The van der Waals surface area contributed by atoms with Crippen LogP contribution in [0.5, 0.6) is 0 Å². The lowest BCUT2D eigenvalue weighted by molar-refractivity contribution is -0.161. The normalized spacial score (nSPS) is 14.2. The standard InChI is InChI=1S/C77H142O17P2/c1-5-9-13-17-21-25-29-33-35-39-41-45-49-53-57-61-74(79)87-67-72(93-76(81)63-59-55-51-47-43-37-31-27-23-19-15-11-7-3)69-91-95(83,84)89-65-71(78)66-90-96(85,86)92-70-73(94-77(82)64-60-56-52-48-44-38-32-28-24-20-16-12-8-4)68-88-75(80)62-58-54-50-46-42-40-36-34-30-26-22-18-14-10-6-2/h15-16,19-20,27-28,31-32,71-73,78H,5-14,17-18,21-26,29-30,33-70H2,1-4H3,(H,83,84)(H,85,86)/b19-15-,20-16-,31-27-,32-28-. The van der Waals surface area contributed by atoms with Crippen molar-refractivity contribution < 1.29 is 80.2 Å². The predicted octanol–water partition coefficient (Wildman–Crippen LogP) is 22.1. The molecular formula is C77H142O17P2. The summed E-state index contributed by atoms with van der Waals surface area (Å²) in [4.78, 5) is 72.8. The van der Waals surface area contributed by atoms with Crippen molar-refractivity contribution in [3.63, 3.8) is 0 Å². The molecule has 0 fully saturated rings. The van der Waals surface area contributed by atoms with Crippen molar-refractivity contribution in [2.75, 3.05) is 39.6 Å². The van der Waals surface area contributed by atoms with Gasteiger partial charge in [0.1, 0.15) is 19.3 Å². The zero-order valence-corrected chi connectivity index (χ0v) is 63.1. The van der Waals surface area contributed by atoms with E-state index in [0.29, 0.717) is 25.7 Å². The van der Waals surface area contributed by atoms with Crippen molar-refractivity contribution in [1.82, 2.24) is 0 Å². The summed E-state index contributed by atoms with van der Waals surface area (Å²) in [5, 5.41) is 10.6. The molecule has 0 aliphatic rings. The van der Waals surface area contributed by atoms with E-state index in [1.165, 1.54) is 141 Å². The third-order valence-corrected chi connectivity index (χ3v) is 18.7. The van der Waals surface area contributed by atoms with E-state index >= 15 is 0 Å². The van der Waals surface area contributed by atoms with Gasteiger partial charge >= 0.3 is 39.5 Å². The Morgan fingerprint density at radius 3 is 0.812 bits per heavy atom. The van der Waals surface area contributed by atoms with Gasteiger partial charge in [-0.3, -0.25) is 37.3 Å². The third-order valence-electron chi connectivity index (χ3n) is 16.8. The Balaban J connectivity index is 5.30. The predicted molar refractivity (Wildman–Crippen MR) is 390 cm³/mol. The zero-order valence-electron chi connectivity index (χ0n) is 61.3. The average Bonchev–Trinajstić information content (AvgIpc) is 1.15. The number of carbonyl (C=O) groups excluding carboxylic acids is 4. The van der Waals surface area contributed by atoms with Gasteiger partial charge in [-0.05, 0) is 77.0 Å². The maximum absolute atomic E-state index is 13.1. The summed E-state index contributed by atoms with van der Waals surface area (Å²) in [6, 6.07) is 0. The SMILES string of the molecule is CCC/C=C\C/C=C\CCCCCCCC(=O)OC(COC(=O)CCCCCCCCCCCCCCCCC)COP(=O)(O)OCC(O)COP(=O)(O)OCC(COC(=O)CCCCCCCCCCCCCCCCC)OC(=O)CCCCCCC/C=C\C/C=C\CCC. The number of unbranched alkanes of at least 4 members (excludes halogenated alkanes) is 40. The molecule has 4 unspecified atom stereocenters. The van der Waals surface area contributed by atoms with Gasteiger partial charge in [0.05, 0.1) is 26.4 Å². The number of esters is 4. The first-order valence-corrected chi connectivity index (χ1v) is 41.9. The fourth-order valence-electron chi connectivity index (χ4n) is 10.8. The van der Waals surface area contributed by atoms with E-state index in [0.717, 1.165) is 141 Å². The molecular weight excluding hydrogens is 1260 g/mol. The molecule has 562 valence electrons. The first kappa shape index (κ1) is 93.0. The number of aliphatic hydroxyl groups is 1. The Kier molecular flexibility index (Phi) is 68.3. The van der Waals surface area contributed by atoms with Gasteiger partial charge in [0.15, 0.2) is 12.2 Å². The summed E-state index contributed by atoms with van der Waals surface area (Å²) in [7, 11) is -9.94. The Bertz CT molecular complexity index is 1880. The number of hydrogen-bond acceptors (Lipinski definition) is 15. The quantitative estimate of drug-likeness (QED) is 0.0169. The molecule has 0 aromatic rings. The fourth-order valence-corrected chi connectivity index (χ4v) is 12.4. The molecule has 0 rings (SSSR count). The summed E-state index contributed by atoms with van der Waals surface area (Å²) in [6.07, 6.45) is 66.7. The summed E-state index contributed by atoms with van der Waals surface area (Å²) in [6.45, 7) is 4.79. The van der Waals surface area contributed by atoms with Crippen molar-refractivity contribution in [2.24, 2.45) is 0 Å². The van der Waals surface area contributed by atoms with Crippen LogP contribution in [0, 0.1) is 0 Å². The lowest BCUT2D eigenvalue weighted by Crippen LogP contribution is -2.30. The monoisotopic (exact) mass is 1400 g/mol. The molecule has 0 amide bonds. The van der Waals surface area contributed by atoms with Gasteiger partial charge in [0.2, 0.25) is 0 Å². The molecule has 0 saturated carbocycles. The number of rotatable bonds is 74. The molecule has 0 bridgehead atoms. The molecule has 3 N–H and O–H groups in total. The minimum absolute atomic E-state index is 0.0846. The minimum Gasteiger partial charge on any atom is -0.462 e. The Morgan fingerprint density at radius 2 is 0.531 bits per heavy atom. The Morgan fingerprint density at radius 1 is 0.292 bits per heavy atom. The molecule has 0 aliphatic heterocycles. The van der Waals surface area contributed by atoms with Crippen LogP contribution in [-0.4, -0.2) is 96.7 Å². The van der Waals surface area contributed by atoms with Crippen molar-refractivity contribution in [2.45, 2.75) is 380 Å². The molecule has 0 saturated heterocycles. The van der Waals surface area contributed by atoms with Gasteiger partial charge in [-0.2, -0.15) is 0 Å². The van der Waals surface area contributed by atoms with Crippen LogP contribution < -0.4 is 0 Å². The van der Waals surface area contributed by atoms with Gasteiger partial charge < -0.3 is 33.8 Å². The molecule has 17 nitrogen and oxygen atoms in total. The van der Waals surface area contributed by atoms with Crippen molar-refractivity contribution >= 4 is 39.5 Å². The highest BCUT2D eigenvalue weighted by atomic mass is 31.2. The highest BCUT2D eigenvalue weighted by molar-refractivity contribution is 7.47. The van der Waals surface area contributed by atoms with Crippen LogP contribution in [0.3, 0.4) is 0 Å². The van der Waals surface area contributed by atoms with E-state index in [2.05, 4.69) is 76.3 Å². The van der Waals surface area contributed by atoms with Crippen molar-refractivity contribution in [3.05, 3.63) is 48.6 Å². The summed E-state index contributed by atoms with van der Waals surface area (Å²) >= 11 is 0. The van der Waals surface area contributed by atoms with Crippen LogP contribution in [0.15, 0.2) is 48.6 Å². The number of carbonyl (C=O) groups is 4. The van der Waals surface area contributed by atoms with E-state index in [4.69, 9.17) is 37.0 Å². The Hall–Kier alpha value is -2.98. The molecule has 0 spiro atoms. The number of ether oxygens (including phenoxy) is 4. The van der Waals surface area contributed by atoms with Gasteiger partial charge in [-0.25, -0.2) is 9.13 Å². The van der Waals surface area contributed by atoms with Gasteiger partial charge in [-0.1, -0.05) is 307 Å². The number of hydrogen-bond donors (Lipinski definition) is 3.